The van der Waals surface area contributed by atoms with E-state index >= 15 is 0 Å². The van der Waals surface area contributed by atoms with Crippen molar-refractivity contribution in [3.63, 3.8) is 0 Å². The fourth-order valence-electron chi connectivity index (χ4n) is 1.28. The average Bonchev–Trinajstić information content (AvgIpc) is 2.73. The number of ether oxygens (including phenoxy) is 1. The first-order chi connectivity index (χ1) is 8.16. The molecule has 17 heavy (non-hydrogen) atoms. The largest absolute Gasteiger partial charge is 0.457 e. The number of benzene rings is 1. The van der Waals surface area contributed by atoms with Gasteiger partial charge in [-0.05, 0) is 6.07 Å². The highest BCUT2D eigenvalue weighted by molar-refractivity contribution is 5.39. The SMILES string of the molecule is Nc1nc(OCc2ccccc2[N+](=O)[O-])n[nH]1. The van der Waals surface area contributed by atoms with Crippen LogP contribution in [0.1, 0.15) is 5.56 Å². The van der Waals surface area contributed by atoms with Crippen molar-refractivity contribution in [3.8, 4) is 6.01 Å². The number of rotatable bonds is 4. The van der Waals surface area contributed by atoms with Crippen molar-refractivity contribution in [1.29, 1.82) is 0 Å². The maximum atomic E-state index is 10.7. The summed E-state index contributed by atoms with van der Waals surface area (Å²) >= 11 is 0. The molecular weight excluding hydrogens is 226 g/mol. The molecule has 1 aromatic heterocycles. The molecule has 8 heteroatoms. The number of nitrogens with two attached hydrogens (primary N) is 1. The average molecular weight is 235 g/mol. The lowest BCUT2D eigenvalue weighted by molar-refractivity contribution is -0.385. The minimum absolute atomic E-state index is 0.00370. The van der Waals surface area contributed by atoms with Gasteiger partial charge in [0.05, 0.1) is 10.5 Å². The lowest BCUT2D eigenvalue weighted by atomic mass is 10.2. The van der Waals surface area contributed by atoms with Crippen LogP contribution in [-0.4, -0.2) is 20.1 Å². The summed E-state index contributed by atoms with van der Waals surface area (Å²) in [5.74, 6) is 0.127. The zero-order valence-corrected chi connectivity index (χ0v) is 8.66. The van der Waals surface area contributed by atoms with Crippen LogP contribution in [0.4, 0.5) is 11.6 Å². The number of aromatic nitrogens is 3. The molecule has 2 aromatic rings. The van der Waals surface area contributed by atoms with E-state index in [2.05, 4.69) is 15.2 Å². The molecular formula is C9H9N5O3. The van der Waals surface area contributed by atoms with Gasteiger partial charge in [0, 0.05) is 6.07 Å². The summed E-state index contributed by atoms with van der Waals surface area (Å²) in [5, 5.41) is 16.8. The molecule has 0 spiro atoms. The Morgan fingerprint density at radius 3 is 2.88 bits per heavy atom. The fraction of sp³-hybridized carbons (Fsp3) is 0.111. The summed E-state index contributed by atoms with van der Waals surface area (Å²) in [7, 11) is 0. The molecule has 0 aliphatic heterocycles. The van der Waals surface area contributed by atoms with Crippen LogP contribution in [0.15, 0.2) is 24.3 Å². The highest BCUT2D eigenvalue weighted by Crippen LogP contribution is 2.18. The molecule has 0 aliphatic carbocycles. The van der Waals surface area contributed by atoms with Gasteiger partial charge in [0.1, 0.15) is 6.61 Å². The number of nitrogen functional groups attached to an aromatic ring is 1. The van der Waals surface area contributed by atoms with Crippen molar-refractivity contribution in [1.82, 2.24) is 15.2 Å². The lowest BCUT2D eigenvalue weighted by Crippen LogP contribution is -2.01. The molecule has 0 radical (unpaired) electrons. The Bertz CT molecular complexity index is 539. The van der Waals surface area contributed by atoms with Gasteiger partial charge in [0.25, 0.3) is 5.69 Å². The molecule has 3 N–H and O–H groups in total. The van der Waals surface area contributed by atoms with E-state index in [0.717, 1.165) is 0 Å². The van der Waals surface area contributed by atoms with E-state index in [1.165, 1.54) is 6.07 Å². The highest BCUT2D eigenvalue weighted by Gasteiger charge is 2.13. The monoisotopic (exact) mass is 235 g/mol. The van der Waals surface area contributed by atoms with Crippen molar-refractivity contribution in [2.75, 3.05) is 5.73 Å². The number of hydrogen-bond acceptors (Lipinski definition) is 6. The Balaban J connectivity index is 2.11. The van der Waals surface area contributed by atoms with Crippen LogP contribution in [0.25, 0.3) is 0 Å². The van der Waals surface area contributed by atoms with Crippen molar-refractivity contribution >= 4 is 11.6 Å². The third kappa shape index (κ3) is 2.48. The number of H-pyrrole nitrogens is 1. The maximum absolute atomic E-state index is 10.7. The van der Waals surface area contributed by atoms with Crippen molar-refractivity contribution in [3.05, 3.63) is 39.9 Å². The number of nitro groups is 1. The van der Waals surface area contributed by atoms with E-state index in [1.807, 2.05) is 0 Å². The lowest BCUT2D eigenvalue weighted by Gasteiger charge is -2.02. The number of hydrogen-bond donors (Lipinski definition) is 2. The summed E-state index contributed by atoms with van der Waals surface area (Å²) in [6.45, 7) is 0.00838. The van der Waals surface area contributed by atoms with Gasteiger partial charge in [0.15, 0.2) is 0 Å². The van der Waals surface area contributed by atoms with Crippen LogP contribution < -0.4 is 10.5 Å². The van der Waals surface area contributed by atoms with Crippen LogP contribution in [-0.2, 0) is 6.61 Å². The molecule has 0 unspecified atom stereocenters. The van der Waals surface area contributed by atoms with Crippen LogP contribution in [0.3, 0.4) is 0 Å². The van der Waals surface area contributed by atoms with Gasteiger partial charge in [-0.15, -0.1) is 5.10 Å². The second kappa shape index (κ2) is 4.47. The van der Waals surface area contributed by atoms with Crippen LogP contribution in [0.2, 0.25) is 0 Å². The Morgan fingerprint density at radius 1 is 1.47 bits per heavy atom. The number of anilines is 1. The van der Waals surface area contributed by atoms with Gasteiger partial charge in [-0.1, -0.05) is 12.1 Å². The van der Waals surface area contributed by atoms with Gasteiger partial charge in [-0.3, -0.25) is 10.1 Å². The number of nitro benzene ring substituents is 1. The molecule has 8 nitrogen and oxygen atoms in total. The summed E-state index contributed by atoms with van der Waals surface area (Å²) in [5.41, 5.74) is 5.75. The normalized spacial score (nSPS) is 10.1. The fourth-order valence-corrected chi connectivity index (χ4v) is 1.28. The predicted molar refractivity (Wildman–Crippen MR) is 58.2 cm³/mol. The predicted octanol–water partition coefficient (Wildman–Crippen LogP) is 0.874. The summed E-state index contributed by atoms with van der Waals surface area (Å²) in [4.78, 5) is 14.0. The first kappa shape index (κ1) is 10.9. The molecule has 0 aliphatic rings. The van der Waals surface area contributed by atoms with Crippen molar-refractivity contribution in [2.45, 2.75) is 6.61 Å². The number of aromatic amines is 1. The molecule has 1 heterocycles. The van der Waals surface area contributed by atoms with E-state index in [1.54, 1.807) is 18.2 Å². The number of para-hydroxylation sites is 1. The van der Waals surface area contributed by atoms with E-state index < -0.39 is 4.92 Å². The zero-order valence-electron chi connectivity index (χ0n) is 8.66. The molecule has 0 fully saturated rings. The maximum Gasteiger partial charge on any atom is 0.337 e. The van der Waals surface area contributed by atoms with Crippen molar-refractivity contribution in [2.24, 2.45) is 0 Å². The van der Waals surface area contributed by atoms with E-state index in [-0.39, 0.29) is 24.3 Å². The van der Waals surface area contributed by atoms with Gasteiger partial charge >= 0.3 is 6.01 Å². The molecule has 88 valence electrons. The Kier molecular flexibility index (Phi) is 2.86. The number of nitrogens with zero attached hydrogens (tertiary/aromatic N) is 3. The zero-order chi connectivity index (χ0) is 12.3. The third-order valence-corrected chi connectivity index (χ3v) is 2.03. The summed E-state index contributed by atoms with van der Waals surface area (Å²) in [6.07, 6.45) is 0. The molecule has 0 amide bonds. The Hall–Kier alpha value is -2.64. The smallest absolute Gasteiger partial charge is 0.337 e. The van der Waals surface area contributed by atoms with E-state index in [0.29, 0.717) is 5.56 Å². The van der Waals surface area contributed by atoms with E-state index in [4.69, 9.17) is 10.5 Å². The Morgan fingerprint density at radius 2 is 2.24 bits per heavy atom. The molecule has 0 atom stereocenters. The standard InChI is InChI=1S/C9H9N5O3/c10-8-11-9(13-12-8)17-5-6-3-1-2-4-7(6)14(15)16/h1-4H,5H2,(H3,10,11,12,13). The van der Waals surface area contributed by atoms with Crippen LogP contribution >= 0.6 is 0 Å². The molecule has 2 rings (SSSR count). The van der Waals surface area contributed by atoms with Gasteiger partial charge in [0.2, 0.25) is 5.95 Å². The third-order valence-electron chi connectivity index (χ3n) is 2.03. The minimum Gasteiger partial charge on any atom is -0.457 e. The minimum atomic E-state index is -0.467. The quantitative estimate of drug-likeness (QED) is 0.599. The molecule has 0 saturated carbocycles. The molecule has 0 bridgehead atoms. The first-order valence-electron chi connectivity index (χ1n) is 4.70. The molecule has 0 saturated heterocycles. The highest BCUT2D eigenvalue weighted by atomic mass is 16.6. The van der Waals surface area contributed by atoms with Gasteiger partial charge in [-0.2, -0.15) is 4.98 Å². The molecule has 1 aromatic carbocycles. The van der Waals surface area contributed by atoms with Crippen molar-refractivity contribution < 1.29 is 9.66 Å². The van der Waals surface area contributed by atoms with Gasteiger partial charge in [-0.25, -0.2) is 5.10 Å². The van der Waals surface area contributed by atoms with Crippen LogP contribution in [0, 0.1) is 10.1 Å². The second-order valence-electron chi connectivity index (χ2n) is 3.18. The van der Waals surface area contributed by atoms with E-state index in [9.17, 15) is 10.1 Å². The Labute approximate surface area is 95.6 Å². The van der Waals surface area contributed by atoms with Gasteiger partial charge < -0.3 is 10.5 Å². The number of nitrogens with one attached hydrogen (secondary N) is 1. The van der Waals surface area contributed by atoms with Crippen LogP contribution in [0.5, 0.6) is 6.01 Å². The second-order valence-corrected chi connectivity index (χ2v) is 3.18. The topological polar surface area (TPSA) is 120 Å². The summed E-state index contributed by atoms with van der Waals surface area (Å²) < 4.78 is 5.17. The summed E-state index contributed by atoms with van der Waals surface area (Å²) in [6, 6.07) is 6.35. The first-order valence-corrected chi connectivity index (χ1v) is 4.70.